The van der Waals surface area contributed by atoms with E-state index in [1.54, 1.807) is 6.07 Å². The van der Waals surface area contributed by atoms with Gasteiger partial charge in [-0.3, -0.25) is 0 Å². The smallest absolute Gasteiger partial charge is 0.228 e. The first-order valence-corrected chi connectivity index (χ1v) is 5.76. The van der Waals surface area contributed by atoms with Crippen LogP contribution in [-0.2, 0) is 6.42 Å². The van der Waals surface area contributed by atoms with Crippen molar-refractivity contribution in [1.29, 1.82) is 0 Å². The molecule has 0 unspecified atom stereocenters. The molecule has 0 saturated carbocycles. The van der Waals surface area contributed by atoms with E-state index in [1.807, 2.05) is 6.92 Å². The zero-order valence-corrected chi connectivity index (χ0v) is 10.1. The fourth-order valence-electron chi connectivity index (χ4n) is 1.51. The number of hydrogen-bond acceptors (Lipinski definition) is 6. The van der Waals surface area contributed by atoms with Crippen molar-refractivity contribution in [3.63, 3.8) is 0 Å². The second-order valence-electron chi connectivity index (χ2n) is 3.82. The molecule has 2 aromatic rings. The molecular formula is C12H15N3O3. The largest absolute Gasteiger partial charge is 0.504 e. The molecule has 0 saturated heterocycles. The topological polar surface area (TPSA) is 91.4 Å². The summed E-state index contributed by atoms with van der Waals surface area (Å²) in [5, 5.41) is 25.6. The van der Waals surface area contributed by atoms with E-state index in [9.17, 15) is 10.2 Å². The summed E-state index contributed by atoms with van der Waals surface area (Å²) in [7, 11) is 0. The number of hydrogen-bond donors (Lipinski definition) is 3. The lowest BCUT2D eigenvalue weighted by atomic mass is 10.2. The van der Waals surface area contributed by atoms with Crippen LogP contribution in [0.2, 0.25) is 0 Å². The Bertz CT molecular complexity index is 525. The summed E-state index contributed by atoms with van der Waals surface area (Å²) in [6, 6.07) is 4.40. The second kappa shape index (κ2) is 5.50. The minimum absolute atomic E-state index is 0.172. The van der Waals surface area contributed by atoms with Gasteiger partial charge >= 0.3 is 0 Å². The van der Waals surface area contributed by atoms with Crippen LogP contribution in [0.5, 0.6) is 11.5 Å². The number of benzene rings is 1. The van der Waals surface area contributed by atoms with Gasteiger partial charge in [0.25, 0.3) is 0 Å². The molecule has 0 spiro atoms. The van der Waals surface area contributed by atoms with Crippen LogP contribution in [0, 0.1) is 0 Å². The zero-order chi connectivity index (χ0) is 13.0. The van der Waals surface area contributed by atoms with Gasteiger partial charge in [0.05, 0.1) is 0 Å². The third-order valence-corrected chi connectivity index (χ3v) is 2.47. The Morgan fingerprint density at radius 2 is 2.11 bits per heavy atom. The fraction of sp³-hybridized carbons (Fsp3) is 0.333. The minimum Gasteiger partial charge on any atom is -0.504 e. The maximum absolute atomic E-state index is 9.40. The van der Waals surface area contributed by atoms with E-state index in [0.717, 1.165) is 13.1 Å². The molecular weight excluding hydrogens is 234 g/mol. The van der Waals surface area contributed by atoms with Crippen LogP contribution in [0.1, 0.15) is 12.8 Å². The lowest BCUT2D eigenvalue weighted by Crippen LogP contribution is -2.16. The van der Waals surface area contributed by atoms with Crippen LogP contribution in [-0.4, -0.2) is 33.4 Å². The standard InChI is InChI=1S/C12H15N3O3/c1-2-13-6-5-11-14-12(15-18-11)8-3-4-9(16)10(17)7-8/h3-4,7,13,16-17H,2,5-6H2,1H3. The average molecular weight is 249 g/mol. The monoisotopic (exact) mass is 249 g/mol. The van der Waals surface area contributed by atoms with Crippen LogP contribution >= 0.6 is 0 Å². The Labute approximate surface area is 104 Å². The minimum atomic E-state index is -0.202. The van der Waals surface area contributed by atoms with E-state index in [2.05, 4.69) is 15.5 Å². The number of aromatic hydroxyl groups is 2. The average Bonchev–Trinajstić information content (AvgIpc) is 2.82. The van der Waals surface area contributed by atoms with E-state index in [1.165, 1.54) is 12.1 Å². The van der Waals surface area contributed by atoms with Crippen molar-refractivity contribution < 1.29 is 14.7 Å². The molecule has 0 aliphatic rings. The van der Waals surface area contributed by atoms with Gasteiger partial charge in [0, 0.05) is 18.5 Å². The molecule has 1 aromatic heterocycles. The number of phenols is 2. The van der Waals surface area contributed by atoms with E-state index in [0.29, 0.717) is 23.7 Å². The number of aromatic nitrogens is 2. The molecule has 0 fully saturated rings. The van der Waals surface area contributed by atoms with Crippen molar-refractivity contribution >= 4 is 0 Å². The molecule has 96 valence electrons. The molecule has 6 heteroatoms. The van der Waals surface area contributed by atoms with Gasteiger partial charge in [0.1, 0.15) is 0 Å². The molecule has 0 atom stereocenters. The summed E-state index contributed by atoms with van der Waals surface area (Å²) in [6.07, 6.45) is 0.658. The van der Waals surface area contributed by atoms with Gasteiger partial charge in [-0.25, -0.2) is 0 Å². The zero-order valence-electron chi connectivity index (χ0n) is 10.1. The highest BCUT2D eigenvalue weighted by Crippen LogP contribution is 2.29. The van der Waals surface area contributed by atoms with Gasteiger partial charge < -0.3 is 20.1 Å². The molecule has 2 rings (SSSR count). The summed E-state index contributed by atoms with van der Waals surface area (Å²) in [4.78, 5) is 4.21. The number of nitrogens with zero attached hydrogens (tertiary/aromatic N) is 2. The highest BCUT2D eigenvalue weighted by molar-refractivity contribution is 5.59. The van der Waals surface area contributed by atoms with Gasteiger partial charge in [0.15, 0.2) is 11.5 Å². The lowest BCUT2D eigenvalue weighted by molar-refractivity contribution is 0.376. The van der Waals surface area contributed by atoms with Crippen LogP contribution in [0.25, 0.3) is 11.4 Å². The van der Waals surface area contributed by atoms with Gasteiger partial charge in [-0.05, 0) is 24.7 Å². The number of nitrogens with one attached hydrogen (secondary N) is 1. The SMILES string of the molecule is CCNCCc1nc(-c2ccc(O)c(O)c2)no1. The second-order valence-corrected chi connectivity index (χ2v) is 3.82. The first-order valence-electron chi connectivity index (χ1n) is 5.76. The number of phenolic OH excluding ortho intramolecular Hbond substituents is 2. The highest BCUT2D eigenvalue weighted by atomic mass is 16.5. The molecule has 1 aromatic carbocycles. The quantitative estimate of drug-likeness (QED) is 0.546. The molecule has 1 heterocycles. The maximum Gasteiger partial charge on any atom is 0.228 e. The van der Waals surface area contributed by atoms with Gasteiger partial charge in [-0.2, -0.15) is 4.98 Å². The third kappa shape index (κ3) is 2.78. The first-order chi connectivity index (χ1) is 8.70. The van der Waals surface area contributed by atoms with Gasteiger partial charge in [-0.15, -0.1) is 0 Å². The fourth-order valence-corrected chi connectivity index (χ4v) is 1.51. The Hall–Kier alpha value is -2.08. The van der Waals surface area contributed by atoms with Gasteiger partial charge in [0.2, 0.25) is 11.7 Å². The van der Waals surface area contributed by atoms with E-state index < -0.39 is 0 Å². The normalized spacial score (nSPS) is 10.7. The molecule has 18 heavy (non-hydrogen) atoms. The summed E-state index contributed by atoms with van der Waals surface area (Å²) >= 11 is 0. The van der Waals surface area contributed by atoms with E-state index >= 15 is 0 Å². The predicted octanol–water partition coefficient (Wildman–Crippen LogP) is 1.30. The van der Waals surface area contributed by atoms with Crippen LogP contribution in [0.15, 0.2) is 22.7 Å². The van der Waals surface area contributed by atoms with Crippen LogP contribution in [0.4, 0.5) is 0 Å². The molecule has 0 aliphatic carbocycles. The third-order valence-electron chi connectivity index (χ3n) is 2.47. The van der Waals surface area contributed by atoms with Crippen LogP contribution < -0.4 is 5.32 Å². The van der Waals surface area contributed by atoms with Crippen molar-refractivity contribution in [2.45, 2.75) is 13.3 Å². The predicted molar refractivity (Wildman–Crippen MR) is 65.3 cm³/mol. The lowest BCUT2D eigenvalue weighted by Gasteiger charge is -1.98. The number of rotatable bonds is 5. The summed E-state index contributed by atoms with van der Waals surface area (Å²) < 4.78 is 5.09. The van der Waals surface area contributed by atoms with Crippen molar-refractivity contribution in [2.75, 3.05) is 13.1 Å². The van der Waals surface area contributed by atoms with Crippen molar-refractivity contribution in [3.8, 4) is 22.9 Å². The van der Waals surface area contributed by atoms with Crippen molar-refractivity contribution in [1.82, 2.24) is 15.5 Å². The summed E-state index contributed by atoms with van der Waals surface area (Å²) in [5.74, 6) is 0.566. The first kappa shape index (κ1) is 12.4. The Balaban J connectivity index is 2.11. The molecule has 0 amide bonds. The van der Waals surface area contributed by atoms with E-state index in [4.69, 9.17) is 4.52 Å². The molecule has 3 N–H and O–H groups in total. The maximum atomic E-state index is 9.40. The highest BCUT2D eigenvalue weighted by Gasteiger charge is 2.10. The molecule has 6 nitrogen and oxygen atoms in total. The number of likely N-dealkylation sites (N-methyl/N-ethyl adjacent to an activating group) is 1. The van der Waals surface area contributed by atoms with E-state index in [-0.39, 0.29) is 11.5 Å². The molecule has 0 aliphatic heterocycles. The Kier molecular flexibility index (Phi) is 3.78. The summed E-state index contributed by atoms with van der Waals surface area (Å²) in [5.41, 5.74) is 0.601. The van der Waals surface area contributed by atoms with Crippen molar-refractivity contribution in [3.05, 3.63) is 24.1 Å². The molecule has 0 radical (unpaired) electrons. The Morgan fingerprint density at radius 1 is 1.28 bits per heavy atom. The van der Waals surface area contributed by atoms with Crippen LogP contribution in [0.3, 0.4) is 0 Å². The van der Waals surface area contributed by atoms with Crippen molar-refractivity contribution in [2.24, 2.45) is 0 Å². The summed E-state index contributed by atoms with van der Waals surface area (Å²) in [6.45, 7) is 3.70. The van der Waals surface area contributed by atoms with Gasteiger partial charge in [-0.1, -0.05) is 12.1 Å². The molecule has 0 bridgehead atoms. The Morgan fingerprint density at radius 3 is 2.83 bits per heavy atom.